The molecule has 0 aromatic carbocycles. The van der Waals surface area contributed by atoms with Crippen LogP contribution in [0.1, 0.15) is 13.8 Å². The zero-order valence-electron chi connectivity index (χ0n) is 9.43. The van der Waals surface area contributed by atoms with E-state index in [-0.39, 0.29) is 0 Å². The summed E-state index contributed by atoms with van der Waals surface area (Å²) in [6.07, 6.45) is 1.63. The van der Waals surface area contributed by atoms with Gasteiger partial charge in [-0.15, -0.1) is 11.3 Å². The second-order valence-electron chi connectivity index (χ2n) is 3.57. The minimum Gasteiger partial charge on any atom is -0.366 e. The topological polar surface area (TPSA) is 37.8 Å². The summed E-state index contributed by atoms with van der Waals surface area (Å²) in [6, 6.07) is 2.50. The lowest BCUT2D eigenvalue weighted by atomic mass is 10.3. The van der Waals surface area contributed by atoms with E-state index in [0.717, 1.165) is 27.5 Å². The standard InChI is InChI=1S/C11H15N3S2/c1-3-15-6-8(2)14-10-9-4-5-16-11(9)13-7-12-10/h4-5,7-8H,3,6H2,1-2H3,(H,12,13,14). The van der Waals surface area contributed by atoms with Gasteiger partial charge in [-0.1, -0.05) is 6.92 Å². The predicted molar refractivity (Wildman–Crippen MR) is 73.5 cm³/mol. The van der Waals surface area contributed by atoms with Crippen LogP contribution >= 0.6 is 23.1 Å². The van der Waals surface area contributed by atoms with E-state index < -0.39 is 0 Å². The van der Waals surface area contributed by atoms with Crippen molar-refractivity contribution in [1.82, 2.24) is 9.97 Å². The number of nitrogens with zero attached hydrogens (tertiary/aromatic N) is 2. The Bertz CT molecular complexity index is 455. The molecule has 0 spiro atoms. The van der Waals surface area contributed by atoms with Crippen molar-refractivity contribution in [3.8, 4) is 0 Å². The molecule has 0 bridgehead atoms. The second kappa shape index (κ2) is 5.50. The van der Waals surface area contributed by atoms with Crippen molar-refractivity contribution >= 4 is 39.1 Å². The summed E-state index contributed by atoms with van der Waals surface area (Å²) < 4.78 is 0. The maximum Gasteiger partial charge on any atom is 0.138 e. The van der Waals surface area contributed by atoms with Gasteiger partial charge in [0, 0.05) is 11.8 Å². The van der Waals surface area contributed by atoms with E-state index >= 15 is 0 Å². The highest BCUT2D eigenvalue weighted by Gasteiger charge is 2.07. The molecule has 0 aliphatic rings. The third kappa shape index (κ3) is 2.65. The van der Waals surface area contributed by atoms with E-state index in [9.17, 15) is 0 Å². The van der Waals surface area contributed by atoms with Crippen LogP contribution in [0, 0.1) is 0 Å². The molecular weight excluding hydrogens is 238 g/mol. The number of rotatable bonds is 5. The number of anilines is 1. The molecule has 2 rings (SSSR count). The number of nitrogens with one attached hydrogen (secondary N) is 1. The van der Waals surface area contributed by atoms with Gasteiger partial charge in [-0.3, -0.25) is 0 Å². The van der Waals surface area contributed by atoms with Crippen molar-refractivity contribution in [3.63, 3.8) is 0 Å². The molecule has 2 heterocycles. The van der Waals surface area contributed by atoms with E-state index in [4.69, 9.17) is 0 Å². The van der Waals surface area contributed by atoms with Gasteiger partial charge in [0.1, 0.15) is 17.0 Å². The van der Waals surface area contributed by atoms with Crippen LogP contribution in [-0.4, -0.2) is 27.5 Å². The van der Waals surface area contributed by atoms with Gasteiger partial charge in [-0.05, 0) is 24.1 Å². The molecule has 0 radical (unpaired) electrons. The maximum absolute atomic E-state index is 4.30. The fraction of sp³-hybridized carbons (Fsp3) is 0.455. The molecule has 16 heavy (non-hydrogen) atoms. The van der Waals surface area contributed by atoms with Crippen molar-refractivity contribution in [2.75, 3.05) is 16.8 Å². The molecule has 5 heteroatoms. The number of hydrogen-bond acceptors (Lipinski definition) is 5. The highest BCUT2D eigenvalue weighted by molar-refractivity contribution is 7.99. The molecule has 3 nitrogen and oxygen atoms in total. The molecular formula is C11H15N3S2. The quantitative estimate of drug-likeness (QED) is 0.887. The van der Waals surface area contributed by atoms with Gasteiger partial charge in [-0.25, -0.2) is 9.97 Å². The van der Waals surface area contributed by atoms with Crippen molar-refractivity contribution < 1.29 is 0 Å². The average Bonchev–Trinajstić information content (AvgIpc) is 2.75. The third-order valence-corrected chi connectivity index (χ3v) is 4.18. The van der Waals surface area contributed by atoms with Gasteiger partial charge in [0.05, 0.1) is 5.39 Å². The smallest absolute Gasteiger partial charge is 0.138 e. The molecule has 0 fully saturated rings. The highest BCUT2D eigenvalue weighted by Crippen LogP contribution is 2.24. The minimum absolute atomic E-state index is 0.433. The first-order valence-corrected chi connectivity index (χ1v) is 7.37. The zero-order chi connectivity index (χ0) is 11.4. The largest absolute Gasteiger partial charge is 0.366 e. The van der Waals surface area contributed by atoms with Gasteiger partial charge in [0.15, 0.2) is 0 Å². The number of hydrogen-bond donors (Lipinski definition) is 1. The lowest BCUT2D eigenvalue weighted by molar-refractivity contribution is 0.903. The van der Waals surface area contributed by atoms with E-state index in [1.165, 1.54) is 0 Å². The summed E-state index contributed by atoms with van der Waals surface area (Å²) in [4.78, 5) is 9.58. The first-order valence-electron chi connectivity index (χ1n) is 5.33. The zero-order valence-corrected chi connectivity index (χ0v) is 11.1. The Balaban J connectivity index is 2.11. The average molecular weight is 253 g/mol. The van der Waals surface area contributed by atoms with Crippen LogP contribution in [0.15, 0.2) is 17.8 Å². The fourth-order valence-electron chi connectivity index (χ4n) is 1.47. The summed E-state index contributed by atoms with van der Waals surface area (Å²) in [6.45, 7) is 4.36. The number of thiophene rings is 1. The van der Waals surface area contributed by atoms with Crippen molar-refractivity contribution in [2.45, 2.75) is 19.9 Å². The summed E-state index contributed by atoms with van der Waals surface area (Å²) in [5.41, 5.74) is 0. The SMILES string of the molecule is CCSCC(C)Nc1ncnc2sccc12. The molecule has 0 saturated heterocycles. The molecule has 86 valence electrons. The van der Waals surface area contributed by atoms with Gasteiger partial charge < -0.3 is 5.32 Å². The molecule has 0 aliphatic heterocycles. The molecule has 0 aliphatic carbocycles. The summed E-state index contributed by atoms with van der Waals surface area (Å²) in [5.74, 6) is 3.21. The third-order valence-electron chi connectivity index (χ3n) is 2.22. The Morgan fingerprint density at radius 3 is 3.19 bits per heavy atom. The van der Waals surface area contributed by atoms with Gasteiger partial charge in [0.2, 0.25) is 0 Å². The van der Waals surface area contributed by atoms with Gasteiger partial charge >= 0.3 is 0 Å². The number of aromatic nitrogens is 2. The monoisotopic (exact) mass is 253 g/mol. The summed E-state index contributed by atoms with van der Waals surface area (Å²) >= 11 is 3.59. The lowest BCUT2D eigenvalue weighted by Gasteiger charge is -2.13. The van der Waals surface area contributed by atoms with Gasteiger partial charge in [0.25, 0.3) is 0 Å². The van der Waals surface area contributed by atoms with Crippen LogP contribution in [0.3, 0.4) is 0 Å². The Morgan fingerprint density at radius 1 is 1.50 bits per heavy atom. The van der Waals surface area contributed by atoms with Crippen molar-refractivity contribution in [1.29, 1.82) is 0 Å². The first-order chi connectivity index (χ1) is 7.81. The Kier molecular flexibility index (Phi) is 4.01. The minimum atomic E-state index is 0.433. The van der Waals surface area contributed by atoms with Crippen molar-refractivity contribution in [2.24, 2.45) is 0 Å². The van der Waals surface area contributed by atoms with Crippen molar-refractivity contribution in [3.05, 3.63) is 17.8 Å². The summed E-state index contributed by atoms with van der Waals surface area (Å²) in [5, 5.41) is 6.62. The second-order valence-corrected chi connectivity index (χ2v) is 5.78. The Morgan fingerprint density at radius 2 is 2.38 bits per heavy atom. The molecule has 1 N–H and O–H groups in total. The predicted octanol–water partition coefficient (Wildman–Crippen LogP) is 3.24. The number of fused-ring (bicyclic) bond motifs is 1. The summed E-state index contributed by atoms with van der Waals surface area (Å²) in [7, 11) is 0. The van der Waals surface area contributed by atoms with Crippen LogP contribution in [0.5, 0.6) is 0 Å². The lowest BCUT2D eigenvalue weighted by Crippen LogP contribution is -2.19. The first kappa shape index (κ1) is 11.7. The Labute approximate surface area is 104 Å². The van der Waals surface area contributed by atoms with E-state index in [1.807, 2.05) is 11.8 Å². The van der Waals surface area contributed by atoms with Crippen LogP contribution in [0.4, 0.5) is 5.82 Å². The van der Waals surface area contributed by atoms with E-state index in [0.29, 0.717) is 6.04 Å². The fourth-order valence-corrected chi connectivity index (χ4v) is 2.88. The van der Waals surface area contributed by atoms with Crippen LogP contribution in [0.25, 0.3) is 10.2 Å². The van der Waals surface area contributed by atoms with E-state index in [1.54, 1.807) is 17.7 Å². The number of thioether (sulfide) groups is 1. The van der Waals surface area contributed by atoms with Gasteiger partial charge in [-0.2, -0.15) is 11.8 Å². The van der Waals surface area contributed by atoms with Crippen LogP contribution in [0.2, 0.25) is 0 Å². The maximum atomic E-state index is 4.30. The highest BCUT2D eigenvalue weighted by atomic mass is 32.2. The van der Waals surface area contributed by atoms with Crippen LogP contribution in [-0.2, 0) is 0 Å². The molecule has 2 aromatic heterocycles. The Hall–Kier alpha value is -0.810. The molecule has 0 saturated carbocycles. The normalized spacial score (nSPS) is 12.9. The molecule has 0 amide bonds. The molecule has 1 atom stereocenters. The molecule has 1 unspecified atom stereocenters. The molecule has 2 aromatic rings. The van der Waals surface area contributed by atoms with E-state index in [2.05, 4.69) is 40.6 Å². The van der Waals surface area contributed by atoms with Crippen LogP contribution < -0.4 is 5.32 Å².